The standard InChI is InChI=1S/C10H19NO4/c1-8(2)6-15-10(13)11-3-4-14-7-9(11)5-12/h8-9,12H,3-7H2,1-2H3. The molecule has 1 saturated heterocycles. The molecule has 5 nitrogen and oxygen atoms in total. The van der Waals surface area contributed by atoms with Crippen LogP contribution in [0.4, 0.5) is 4.79 Å². The van der Waals surface area contributed by atoms with Crippen molar-refractivity contribution in [3.8, 4) is 0 Å². The maximum Gasteiger partial charge on any atom is 0.410 e. The average Bonchev–Trinajstić information content (AvgIpc) is 2.25. The van der Waals surface area contributed by atoms with E-state index >= 15 is 0 Å². The molecule has 1 N–H and O–H groups in total. The minimum absolute atomic E-state index is 0.0865. The third-order valence-corrected chi connectivity index (χ3v) is 2.21. The summed E-state index contributed by atoms with van der Waals surface area (Å²) in [7, 11) is 0. The summed E-state index contributed by atoms with van der Waals surface area (Å²) < 4.78 is 10.3. The molecule has 1 aliphatic heterocycles. The Labute approximate surface area is 90.0 Å². The van der Waals surface area contributed by atoms with Gasteiger partial charge in [0.1, 0.15) is 0 Å². The van der Waals surface area contributed by atoms with E-state index in [-0.39, 0.29) is 18.7 Å². The monoisotopic (exact) mass is 217 g/mol. The largest absolute Gasteiger partial charge is 0.449 e. The molecule has 1 atom stereocenters. The highest BCUT2D eigenvalue weighted by Crippen LogP contribution is 2.09. The van der Waals surface area contributed by atoms with Gasteiger partial charge in [-0.3, -0.25) is 4.90 Å². The lowest BCUT2D eigenvalue weighted by Gasteiger charge is -2.33. The van der Waals surface area contributed by atoms with E-state index in [1.807, 2.05) is 13.8 Å². The molecule has 0 spiro atoms. The number of aliphatic hydroxyl groups excluding tert-OH is 1. The van der Waals surface area contributed by atoms with Crippen molar-refractivity contribution in [2.24, 2.45) is 5.92 Å². The van der Waals surface area contributed by atoms with E-state index in [1.54, 1.807) is 0 Å². The molecule has 1 amide bonds. The van der Waals surface area contributed by atoms with Crippen LogP contribution in [0.15, 0.2) is 0 Å². The Morgan fingerprint density at radius 1 is 1.67 bits per heavy atom. The number of carbonyl (C=O) groups excluding carboxylic acids is 1. The maximum absolute atomic E-state index is 11.6. The van der Waals surface area contributed by atoms with Gasteiger partial charge in [-0.2, -0.15) is 0 Å². The molecule has 1 rings (SSSR count). The molecule has 0 saturated carbocycles. The lowest BCUT2D eigenvalue weighted by atomic mass is 10.2. The molecular weight excluding hydrogens is 198 g/mol. The Kier molecular flexibility index (Phi) is 4.84. The van der Waals surface area contributed by atoms with Gasteiger partial charge in [0.05, 0.1) is 32.5 Å². The van der Waals surface area contributed by atoms with Crippen LogP contribution in [0, 0.1) is 5.92 Å². The van der Waals surface area contributed by atoms with Crippen molar-refractivity contribution < 1.29 is 19.4 Å². The lowest BCUT2D eigenvalue weighted by molar-refractivity contribution is -0.0273. The second-order valence-corrected chi connectivity index (χ2v) is 4.08. The minimum atomic E-state index is -0.356. The predicted molar refractivity (Wildman–Crippen MR) is 54.6 cm³/mol. The van der Waals surface area contributed by atoms with Crippen molar-refractivity contribution in [3.05, 3.63) is 0 Å². The second kappa shape index (κ2) is 5.92. The van der Waals surface area contributed by atoms with E-state index in [1.165, 1.54) is 4.90 Å². The number of carbonyl (C=O) groups is 1. The number of morpholine rings is 1. The normalized spacial score (nSPS) is 21.9. The second-order valence-electron chi connectivity index (χ2n) is 4.08. The summed E-state index contributed by atoms with van der Waals surface area (Å²) in [6, 6.07) is -0.265. The summed E-state index contributed by atoms with van der Waals surface area (Å²) in [6.07, 6.45) is -0.356. The van der Waals surface area contributed by atoms with Crippen LogP contribution < -0.4 is 0 Å². The fourth-order valence-electron chi connectivity index (χ4n) is 1.37. The van der Waals surface area contributed by atoms with E-state index < -0.39 is 0 Å². The number of hydrogen-bond acceptors (Lipinski definition) is 4. The topological polar surface area (TPSA) is 59.0 Å². The summed E-state index contributed by atoms with van der Waals surface area (Å²) >= 11 is 0. The highest BCUT2D eigenvalue weighted by atomic mass is 16.6. The van der Waals surface area contributed by atoms with Crippen LogP contribution >= 0.6 is 0 Å². The first-order valence-corrected chi connectivity index (χ1v) is 5.27. The zero-order chi connectivity index (χ0) is 11.3. The average molecular weight is 217 g/mol. The molecule has 0 aromatic heterocycles. The number of nitrogens with zero attached hydrogens (tertiary/aromatic N) is 1. The Morgan fingerprint density at radius 2 is 2.40 bits per heavy atom. The van der Waals surface area contributed by atoms with E-state index in [4.69, 9.17) is 14.6 Å². The van der Waals surface area contributed by atoms with Gasteiger partial charge in [-0.1, -0.05) is 13.8 Å². The van der Waals surface area contributed by atoms with Gasteiger partial charge < -0.3 is 14.6 Å². The molecule has 88 valence electrons. The van der Waals surface area contributed by atoms with Crippen LogP contribution in [-0.4, -0.2) is 55.1 Å². The first-order valence-electron chi connectivity index (χ1n) is 5.27. The van der Waals surface area contributed by atoms with Crippen LogP contribution in [0.3, 0.4) is 0 Å². The molecule has 1 fully saturated rings. The molecule has 0 aliphatic carbocycles. The number of rotatable bonds is 3. The Hall–Kier alpha value is -0.810. The highest BCUT2D eigenvalue weighted by Gasteiger charge is 2.27. The van der Waals surface area contributed by atoms with Crippen molar-refractivity contribution in [2.75, 3.05) is 33.0 Å². The molecule has 15 heavy (non-hydrogen) atoms. The van der Waals surface area contributed by atoms with Crippen LogP contribution in [0.1, 0.15) is 13.8 Å². The van der Waals surface area contributed by atoms with Crippen LogP contribution in [0.2, 0.25) is 0 Å². The molecule has 0 aromatic carbocycles. The predicted octanol–water partition coefficient (Wildman–Crippen LogP) is 0.472. The van der Waals surface area contributed by atoms with Crippen molar-refractivity contribution in [1.82, 2.24) is 4.90 Å². The van der Waals surface area contributed by atoms with E-state index in [9.17, 15) is 4.79 Å². The quantitative estimate of drug-likeness (QED) is 0.746. The smallest absolute Gasteiger partial charge is 0.410 e. The van der Waals surface area contributed by atoms with Gasteiger partial charge in [-0.25, -0.2) is 4.79 Å². The van der Waals surface area contributed by atoms with Crippen molar-refractivity contribution in [2.45, 2.75) is 19.9 Å². The Bertz CT molecular complexity index is 208. The van der Waals surface area contributed by atoms with E-state index in [0.29, 0.717) is 32.3 Å². The molecule has 1 aliphatic rings. The zero-order valence-corrected chi connectivity index (χ0v) is 9.31. The fourth-order valence-corrected chi connectivity index (χ4v) is 1.37. The van der Waals surface area contributed by atoms with Gasteiger partial charge >= 0.3 is 6.09 Å². The summed E-state index contributed by atoms with van der Waals surface area (Å²) in [5.41, 5.74) is 0. The van der Waals surface area contributed by atoms with Gasteiger partial charge in [-0.05, 0) is 5.92 Å². The summed E-state index contributed by atoms with van der Waals surface area (Å²) in [4.78, 5) is 13.1. The molecule has 1 heterocycles. The summed E-state index contributed by atoms with van der Waals surface area (Å²) in [6.45, 7) is 5.67. The fraction of sp³-hybridized carbons (Fsp3) is 0.900. The maximum atomic E-state index is 11.6. The van der Waals surface area contributed by atoms with E-state index in [0.717, 1.165) is 0 Å². The molecule has 1 unspecified atom stereocenters. The van der Waals surface area contributed by atoms with Gasteiger partial charge in [-0.15, -0.1) is 0 Å². The van der Waals surface area contributed by atoms with E-state index in [2.05, 4.69) is 0 Å². The van der Waals surface area contributed by atoms with Gasteiger partial charge in [0.15, 0.2) is 0 Å². The van der Waals surface area contributed by atoms with Crippen molar-refractivity contribution in [1.29, 1.82) is 0 Å². The number of hydrogen-bond donors (Lipinski definition) is 1. The third kappa shape index (κ3) is 3.68. The number of aliphatic hydroxyl groups is 1. The van der Waals surface area contributed by atoms with Crippen molar-refractivity contribution in [3.63, 3.8) is 0 Å². The minimum Gasteiger partial charge on any atom is -0.449 e. The first-order chi connectivity index (χ1) is 7.15. The Balaban J connectivity index is 2.41. The first kappa shape index (κ1) is 12.3. The highest BCUT2D eigenvalue weighted by molar-refractivity contribution is 5.68. The SMILES string of the molecule is CC(C)COC(=O)N1CCOCC1CO. The third-order valence-electron chi connectivity index (χ3n) is 2.21. The van der Waals surface area contributed by atoms with Crippen LogP contribution in [0.5, 0.6) is 0 Å². The molecule has 0 aromatic rings. The van der Waals surface area contributed by atoms with Crippen LogP contribution in [-0.2, 0) is 9.47 Å². The molecule has 0 radical (unpaired) electrons. The summed E-state index contributed by atoms with van der Waals surface area (Å²) in [5, 5.41) is 9.06. The van der Waals surface area contributed by atoms with Gasteiger partial charge in [0, 0.05) is 6.54 Å². The number of amides is 1. The van der Waals surface area contributed by atoms with Crippen LogP contribution in [0.25, 0.3) is 0 Å². The van der Waals surface area contributed by atoms with Gasteiger partial charge in [0.25, 0.3) is 0 Å². The lowest BCUT2D eigenvalue weighted by Crippen LogP contribution is -2.50. The van der Waals surface area contributed by atoms with Gasteiger partial charge in [0.2, 0.25) is 0 Å². The van der Waals surface area contributed by atoms with Crippen molar-refractivity contribution >= 4 is 6.09 Å². The molecular formula is C10H19NO4. The summed E-state index contributed by atoms with van der Waals surface area (Å²) in [5.74, 6) is 0.322. The molecule has 5 heteroatoms. The Morgan fingerprint density at radius 3 is 3.00 bits per heavy atom. The number of ether oxygens (including phenoxy) is 2. The molecule has 0 bridgehead atoms. The zero-order valence-electron chi connectivity index (χ0n) is 9.31.